The summed E-state index contributed by atoms with van der Waals surface area (Å²) < 4.78 is 10.5. The molecule has 2 aromatic rings. The van der Waals surface area contributed by atoms with Crippen molar-refractivity contribution in [1.29, 1.82) is 0 Å². The molecule has 0 saturated carbocycles. The molecule has 0 saturated heterocycles. The Morgan fingerprint density at radius 3 is 2.24 bits per heavy atom. The lowest BCUT2D eigenvalue weighted by molar-refractivity contribution is 0.390. The van der Waals surface area contributed by atoms with Crippen LogP contribution in [0, 0.1) is 0 Å². The van der Waals surface area contributed by atoms with E-state index < -0.39 is 0 Å². The Bertz CT molecular complexity index is 608. The smallest absolute Gasteiger partial charge is 0.125 e. The maximum Gasteiger partial charge on any atom is 0.125 e. The Labute approximate surface area is 124 Å². The number of phenols is 2. The normalized spacial score (nSPS) is 10.4. The first-order valence-corrected chi connectivity index (χ1v) is 6.86. The molecule has 0 aromatic heterocycles. The second-order valence-corrected chi connectivity index (χ2v) is 4.84. The van der Waals surface area contributed by atoms with E-state index in [1.54, 1.807) is 26.4 Å². The standard InChI is InChI=1S/C17H20O4/c1-20-15-9-7-13(17(11-15)21-2)5-3-4-12-6-8-14(18)10-16(12)19/h6-11,18-19H,3-5H2,1-2H3. The lowest BCUT2D eigenvalue weighted by Crippen LogP contribution is -1.95. The maximum atomic E-state index is 9.76. The molecule has 0 heterocycles. The molecule has 0 unspecified atom stereocenters. The number of benzene rings is 2. The number of phenolic OH excluding ortho intramolecular Hbond substituents is 2. The quantitative estimate of drug-likeness (QED) is 0.856. The fraction of sp³-hybridized carbons (Fsp3) is 0.294. The number of methoxy groups -OCH3 is 2. The summed E-state index contributed by atoms with van der Waals surface area (Å²) in [6, 6.07) is 10.5. The highest BCUT2D eigenvalue weighted by molar-refractivity contribution is 5.41. The van der Waals surface area contributed by atoms with Crippen molar-refractivity contribution in [1.82, 2.24) is 0 Å². The fourth-order valence-corrected chi connectivity index (χ4v) is 2.29. The molecular formula is C17H20O4. The monoisotopic (exact) mass is 288 g/mol. The molecule has 0 aliphatic carbocycles. The van der Waals surface area contributed by atoms with Gasteiger partial charge in [-0.1, -0.05) is 12.1 Å². The van der Waals surface area contributed by atoms with E-state index in [9.17, 15) is 10.2 Å². The van der Waals surface area contributed by atoms with Gasteiger partial charge in [0.1, 0.15) is 23.0 Å². The second kappa shape index (κ2) is 6.88. The van der Waals surface area contributed by atoms with Gasteiger partial charge in [-0.15, -0.1) is 0 Å². The van der Waals surface area contributed by atoms with Gasteiger partial charge in [-0.3, -0.25) is 0 Å². The lowest BCUT2D eigenvalue weighted by atomic mass is 10.0. The van der Waals surface area contributed by atoms with E-state index in [1.165, 1.54) is 6.07 Å². The molecule has 0 bridgehead atoms. The minimum atomic E-state index is 0.0769. The Morgan fingerprint density at radius 1 is 0.857 bits per heavy atom. The lowest BCUT2D eigenvalue weighted by Gasteiger charge is -2.10. The molecule has 0 radical (unpaired) electrons. The predicted molar refractivity (Wildman–Crippen MR) is 81.3 cm³/mol. The molecule has 0 aliphatic rings. The summed E-state index contributed by atoms with van der Waals surface area (Å²) in [5.74, 6) is 1.79. The van der Waals surface area contributed by atoms with Gasteiger partial charge in [0, 0.05) is 12.1 Å². The van der Waals surface area contributed by atoms with Gasteiger partial charge in [-0.2, -0.15) is 0 Å². The molecule has 4 heteroatoms. The van der Waals surface area contributed by atoms with Crippen LogP contribution < -0.4 is 9.47 Å². The van der Waals surface area contributed by atoms with E-state index in [2.05, 4.69) is 0 Å². The van der Waals surface area contributed by atoms with Crippen LogP contribution in [0.25, 0.3) is 0 Å². The zero-order valence-electron chi connectivity index (χ0n) is 12.3. The SMILES string of the molecule is COc1ccc(CCCc2ccc(O)cc2O)c(OC)c1. The van der Waals surface area contributed by atoms with Crippen LogP contribution in [0.3, 0.4) is 0 Å². The van der Waals surface area contributed by atoms with Crippen molar-refractivity contribution in [2.24, 2.45) is 0 Å². The molecule has 2 rings (SSSR count). The fourth-order valence-electron chi connectivity index (χ4n) is 2.29. The van der Waals surface area contributed by atoms with E-state index >= 15 is 0 Å². The van der Waals surface area contributed by atoms with E-state index in [0.717, 1.165) is 41.9 Å². The number of ether oxygens (including phenoxy) is 2. The Hall–Kier alpha value is -2.36. The van der Waals surface area contributed by atoms with Crippen molar-refractivity contribution >= 4 is 0 Å². The van der Waals surface area contributed by atoms with Crippen LogP contribution in [0.15, 0.2) is 36.4 Å². The van der Waals surface area contributed by atoms with E-state index in [0.29, 0.717) is 0 Å². The van der Waals surface area contributed by atoms with Crippen LogP contribution in [0.5, 0.6) is 23.0 Å². The summed E-state index contributed by atoms with van der Waals surface area (Å²) >= 11 is 0. The van der Waals surface area contributed by atoms with Crippen molar-refractivity contribution in [3.8, 4) is 23.0 Å². The first-order chi connectivity index (χ1) is 10.1. The maximum absolute atomic E-state index is 9.76. The molecule has 112 valence electrons. The summed E-state index contributed by atoms with van der Waals surface area (Å²) in [6.45, 7) is 0. The minimum absolute atomic E-state index is 0.0769. The number of rotatable bonds is 6. The second-order valence-electron chi connectivity index (χ2n) is 4.84. The summed E-state index contributed by atoms with van der Waals surface area (Å²) in [5.41, 5.74) is 1.94. The van der Waals surface area contributed by atoms with Gasteiger partial charge in [0.25, 0.3) is 0 Å². The number of hydrogen-bond acceptors (Lipinski definition) is 4. The molecular weight excluding hydrogens is 268 g/mol. The summed E-state index contributed by atoms with van der Waals surface area (Å²) in [4.78, 5) is 0. The topological polar surface area (TPSA) is 58.9 Å². The van der Waals surface area contributed by atoms with Crippen LogP contribution >= 0.6 is 0 Å². The van der Waals surface area contributed by atoms with Gasteiger partial charge >= 0.3 is 0 Å². The van der Waals surface area contributed by atoms with Gasteiger partial charge in [-0.05, 0) is 42.5 Å². The van der Waals surface area contributed by atoms with Gasteiger partial charge < -0.3 is 19.7 Å². The number of hydrogen-bond donors (Lipinski definition) is 2. The average molecular weight is 288 g/mol. The predicted octanol–water partition coefficient (Wildman–Crippen LogP) is 3.29. The number of aromatic hydroxyl groups is 2. The van der Waals surface area contributed by atoms with Crippen LogP contribution in [-0.4, -0.2) is 24.4 Å². The molecule has 0 aliphatic heterocycles. The van der Waals surface area contributed by atoms with E-state index in [4.69, 9.17) is 9.47 Å². The van der Waals surface area contributed by atoms with Crippen molar-refractivity contribution in [3.05, 3.63) is 47.5 Å². The molecule has 0 amide bonds. The molecule has 0 atom stereocenters. The highest BCUT2D eigenvalue weighted by Gasteiger charge is 2.07. The number of aryl methyl sites for hydroxylation is 2. The zero-order chi connectivity index (χ0) is 15.2. The summed E-state index contributed by atoms with van der Waals surface area (Å²) in [6.07, 6.45) is 2.45. The third-order valence-electron chi connectivity index (χ3n) is 3.46. The Morgan fingerprint density at radius 2 is 1.57 bits per heavy atom. The van der Waals surface area contributed by atoms with Gasteiger partial charge in [0.05, 0.1) is 14.2 Å². The Balaban J connectivity index is 2.00. The molecule has 2 N–H and O–H groups in total. The van der Waals surface area contributed by atoms with Gasteiger partial charge in [-0.25, -0.2) is 0 Å². The first kappa shape index (κ1) is 15.0. The molecule has 4 nitrogen and oxygen atoms in total. The van der Waals surface area contributed by atoms with Crippen LogP contribution in [0.4, 0.5) is 0 Å². The molecule has 21 heavy (non-hydrogen) atoms. The largest absolute Gasteiger partial charge is 0.508 e. The van der Waals surface area contributed by atoms with Gasteiger partial charge in [0.15, 0.2) is 0 Å². The molecule has 2 aromatic carbocycles. The third-order valence-corrected chi connectivity index (χ3v) is 3.46. The van der Waals surface area contributed by atoms with Crippen LogP contribution in [-0.2, 0) is 12.8 Å². The first-order valence-electron chi connectivity index (χ1n) is 6.86. The van der Waals surface area contributed by atoms with Gasteiger partial charge in [0.2, 0.25) is 0 Å². The highest BCUT2D eigenvalue weighted by Crippen LogP contribution is 2.27. The van der Waals surface area contributed by atoms with E-state index in [1.807, 2.05) is 18.2 Å². The third kappa shape index (κ3) is 3.81. The van der Waals surface area contributed by atoms with Crippen molar-refractivity contribution in [2.75, 3.05) is 14.2 Å². The van der Waals surface area contributed by atoms with Crippen LogP contribution in [0.1, 0.15) is 17.5 Å². The summed E-state index contributed by atoms with van der Waals surface area (Å²) in [5, 5.41) is 19.0. The van der Waals surface area contributed by atoms with Crippen molar-refractivity contribution in [3.63, 3.8) is 0 Å². The average Bonchev–Trinajstić information content (AvgIpc) is 2.49. The Kier molecular flexibility index (Phi) is 4.93. The minimum Gasteiger partial charge on any atom is -0.508 e. The highest BCUT2D eigenvalue weighted by atomic mass is 16.5. The molecule has 0 spiro atoms. The van der Waals surface area contributed by atoms with E-state index in [-0.39, 0.29) is 11.5 Å². The zero-order valence-corrected chi connectivity index (χ0v) is 12.3. The molecule has 0 fully saturated rings. The van der Waals surface area contributed by atoms with Crippen molar-refractivity contribution in [2.45, 2.75) is 19.3 Å². The van der Waals surface area contributed by atoms with Crippen molar-refractivity contribution < 1.29 is 19.7 Å². The van der Waals surface area contributed by atoms with Crippen LogP contribution in [0.2, 0.25) is 0 Å². The summed E-state index contributed by atoms with van der Waals surface area (Å²) in [7, 11) is 3.27.